The lowest BCUT2D eigenvalue weighted by atomic mass is 10.1. The maximum atomic E-state index is 13.3. The number of nitrogens with zero attached hydrogens (tertiary/aromatic N) is 2. The van der Waals surface area contributed by atoms with Gasteiger partial charge in [-0.1, -0.05) is 36.4 Å². The first-order valence-corrected chi connectivity index (χ1v) is 9.10. The molecule has 0 aliphatic heterocycles. The number of ether oxygens (including phenoxy) is 1. The molecule has 28 heavy (non-hydrogen) atoms. The molecular formula is C23H21N3O2. The molecule has 0 fully saturated rings. The van der Waals surface area contributed by atoms with Crippen LogP contribution >= 0.6 is 0 Å². The Morgan fingerprint density at radius 3 is 2.32 bits per heavy atom. The standard InChI is InChI=1S/C23H21N3O2/c1-16-13-14-19-21(27)20(15-28-2)23(25-17-9-5-3-6-10-17)26(22(19)24-16)18-11-7-4-8-12-18/h3-14,25H,15H2,1-2H3. The van der Waals surface area contributed by atoms with Gasteiger partial charge in [-0.25, -0.2) is 4.98 Å². The van der Waals surface area contributed by atoms with E-state index in [2.05, 4.69) is 5.32 Å². The number of anilines is 2. The fourth-order valence-electron chi connectivity index (χ4n) is 3.30. The summed E-state index contributed by atoms with van der Waals surface area (Å²) in [5.41, 5.74) is 3.76. The number of benzene rings is 2. The molecule has 0 radical (unpaired) electrons. The second-order valence-electron chi connectivity index (χ2n) is 6.58. The van der Waals surface area contributed by atoms with Gasteiger partial charge in [-0.15, -0.1) is 0 Å². The van der Waals surface area contributed by atoms with Crippen molar-refractivity contribution >= 4 is 22.5 Å². The predicted molar refractivity (Wildman–Crippen MR) is 113 cm³/mol. The molecule has 5 nitrogen and oxygen atoms in total. The van der Waals surface area contributed by atoms with Crippen LogP contribution in [0, 0.1) is 6.92 Å². The summed E-state index contributed by atoms with van der Waals surface area (Å²) >= 11 is 0. The number of hydrogen-bond donors (Lipinski definition) is 1. The summed E-state index contributed by atoms with van der Waals surface area (Å²) in [5, 5.41) is 3.99. The summed E-state index contributed by atoms with van der Waals surface area (Å²) in [7, 11) is 1.59. The lowest BCUT2D eigenvalue weighted by molar-refractivity contribution is 0.184. The number of rotatable bonds is 5. The van der Waals surface area contributed by atoms with Gasteiger partial charge in [0.05, 0.1) is 17.6 Å². The molecule has 140 valence electrons. The van der Waals surface area contributed by atoms with Gasteiger partial charge in [-0.05, 0) is 43.3 Å². The topological polar surface area (TPSA) is 56.1 Å². The quantitative estimate of drug-likeness (QED) is 0.558. The molecule has 1 N–H and O–H groups in total. The number of fused-ring (bicyclic) bond motifs is 1. The summed E-state index contributed by atoms with van der Waals surface area (Å²) in [5.74, 6) is 0.662. The fraction of sp³-hybridized carbons (Fsp3) is 0.130. The van der Waals surface area contributed by atoms with E-state index in [0.717, 1.165) is 17.1 Å². The minimum absolute atomic E-state index is 0.0741. The van der Waals surface area contributed by atoms with Crippen molar-refractivity contribution in [3.63, 3.8) is 0 Å². The van der Waals surface area contributed by atoms with Crippen molar-refractivity contribution in [2.24, 2.45) is 0 Å². The normalized spacial score (nSPS) is 10.9. The molecule has 0 unspecified atom stereocenters. The molecule has 2 aromatic heterocycles. The van der Waals surface area contributed by atoms with E-state index < -0.39 is 0 Å². The van der Waals surface area contributed by atoms with Crippen molar-refractivity contribution in [3.05, 3.63) is 94.3 Å². The van der Waals surface area contributed by atoms with Gasteiger partial charge in [0, 0.05) is 24.2 Å². The Balaban J connectivity index is 2.11. The van der Waals surface area contributed by atoms with Gasteiger partial charge in [0.1, 0.15) is 11.5 Å². The van der Waals surface area contributed by atoms with Crippen LogP contribution in [0.4, 0.5) is 11.5 Å². The number of aromatic nitrogens is 2. The van der Waals surface area contributed by atoms with Crippen LogP contribution in [0.5, 0.6) is 0 Å². The molecule has 0 aliphatic rings. The average Bonchev–Trinajstić information content (AvgIpc) is 2.72. The monoisotopic (exact) mass is 371 g/mol. The van der Waals surface area contributed by atoms with Crippen LogP contribution in [0.15, 0.2) is 77.6 Å². The van der Waals surface area contributed by atoms with Crippen molar-refractivity contribution < 1.29 is 4.74 Å². The van der Waals surface area contributed by atoms with Crippen LogP contribution in [0.25, 0.3) is 16.7 Å². The molecule has 0 atom stereocenters. The summed E-state index contributed by atoms with van der Waals surface area (Å²) in [6.45, 7) is 2.12. The van der Waals surface area contributed by atoms with Crippen LogP contribution in [-0.4, -0.2) is 16.7 Å². The van der Waals surface area contributed by atoms with Gasteiger partial charge in [0.2, 0.25) is 0 Å². The Morgan fingerprint density at radius 1 is 0.964 bits per heavy atom. The zero-order valence-corrected chi connectivity index (χ0v) is 15.8. The number of methoxy groups -OCH3 is 1. The maximum Gasteiger partial charge on any atom is 0.198 e. The molecule has 2 heterocycles. The second kappa shape index (κ2) is 7.66. The summed E-state index contributed by atoms with van der Waals surface area (Å²) in [4.78, 5) is 17.9. The van der Waals surface area contributed by atoms with Gasteiger partial charge in [0.15, 0.2) is 5.43 Å². The number of nitrogens with one attached hydrogen (secondary N) is 1. The van der Waals surface area contributed by atoms with Crippen LogP contribution in [-0.2, 0) is 11.3 Å². The van der Waals surface area contributed by atoms with Gasteiger partial charge >= 0.3 is 0 Å². The fourth-order valence-corrected chi connectivity index (χ4v) is 3.30. The van der Waals surface area contributed by atoms with Gasteiger partial charge in [-0.3, -0.25) is 9.36 Å². The van der Waals surface area contributed by atoms with E-state index in [1.165, 1.54) is 0 Å². The number of hydrogen-bond acceptors (Lipinski definition) is 4. The van der Waals surface area contributed by atoms with Crippen molar-refractivity contribution in [1.29, 1.82) is 0 Å². The van der Waals surface area contributed by atoms with E-state index in [9.17, 15) is 4.79 Å². The molecule has 4 rings (SSSR count). The summed E-state index contributed by atoms with van der Waals surface area (Å²) in [6, 6.07) is 23.4. The zero-order chi connectivity index (χ0) is 19.5. The lowest BCUT2D eigenvalue weighted by Gasteiger charge is -2.21. The molecule has 0 saturated heterocycles. The van der Waals surface area contributed by atoms with Crippen molar-refractivity contribution in [2.45, 2.75) is 13.5 Å². The van der Waals surface area contributed by atoms with E-state index in [4.69, 9.17) is 9.72 Å². The highest BCUT2D eigenvalue weighted by molar-refractivity contribution is 5.83. The van der Waals surface area contributed by atoms with Crippen LogP contribution in [0.3, 0.4) is 0 Å². The predicted octanol–water partition coefficient (Wildman–Crippen LogP) is 4.58. The average molecular weight is 371 g/mol. The highest BCUT2D eigenvalue weighted by Gasteiger charge is 2.19. The molecular weight excluding hydrogens is 350 g/mol. The maximum absolute atomic E-state index is 13.3. The van der Waals surface area contributed by atoms with Gasteiger partial charge in [0.25, 0.3) is 0 Å². The van der Waals surface area contributed by atoms with Crippen LogP contribution in [0.1, 0.15) is 11.3 Å². The third-order valence-corrected chi connectivity index (χ3v) is 4.59. The Labute approximate surface area is 163 Å². The van der Waals surface area contributed by atoms with E-state index in [1.807, 2.05) is 84.3 Å². The first-order chi connectivity index (χ1) is 13.7. The van der Waals surface area contributed by atoms with Crippen LogP contribution < -0.4 is 10.7 Å². The van der Waals surface area contributed by atoms with E-state index in [-0.39, 0.29) is 12.0 Å². The molecule has 0 bridgehead atoms. The van der Waals surface area contributed by atoms with Crippen molar-refractivity contribution in [1.82, 2.24) is 9.55 Å². The largest absolute Gasteiger partial charge is 0.380 e. The summed E-state index contributed by atoms with van der Waals surface area (Å²) in [6.07, 6.45) is 0. The molecule has 2 aromatic carbocycles. The number of para-hydroxylation sites is 2. The van der Waals surface area contributed by atoms with Crippen LogP contribution in [0.2, 0.25) is 0 Å². The Kier molecular flexibility index (Phi) is 4.91. The number of pyridine rings is 2. The third-order valence-electron chi connectivity index (χ3n) is 4.59. The minimum Gasteiger partial charge on any atom is -0.380 e. The van der Waals surface area contributed by atoms with E-state index in [1.54, 1.807) is 7.11 Å². The molecule has 0 aliphatic carbocycles. The first-order valence-electron chi connectivity index (χ1n) is 9.10. The van der Waals surface area contributed by atoms with Gasteiger partial charge in [-0.2, -0.15) is 0 Å². The van der Waals surface area contributed by atoms with Crippen molar-refractivity contribution in [3.8, 4) is 5.69 Å². The SMILES string of the molecule is COCc1c(Nc2ccccc2)n(-c2ccccc2)c2nc(C)ccc2c1=O. The minimum atomic E-state index is -0.0741. The summed E-state index contributed by atoms with van der Waals surface area (Å²) < 4.78 is 7.37. The smallest absolute Gasteiger partial charge is 0.198 e. The second-order valence-corrected chi connectivity index (χ2v) is 6.58. The van der Waals surface area contributed by atoms with E-state index in [0.29, 0.717) is 22.4 Å². The highest BCUT2D eigenvalue weighted by Crippen LogP contribution is 2.28. The zero-order valence-electron chi connectivity index (χ0n) is 15.8. The molecule has 0 spiro atoms. The molecule has 0 amide bonds. The van der Waals surface area contributed by atoms with Gasteiger partial charge < -0.3 is 10.1 Å². The molecule has 0 saturated carbocycles. The Morgan fingerprint density at radius 2 is 1.64 bits per heavy atom. The molecule has 5 heteroatoms. The van der Waals surface area contributed by atoms with E-state index >= 15 is 0 Å². The lowest BCUT2D eigenvalue weighted by Crippen LogP contribution is -2.20. The van der Waals surface area contributed by atoms with Crippen molar-refractivity contribution in [2.75, 3.05) is 12.4 Å². The Hall–Kier alpha value is -3.44. The number of aryl methyl sites for hydroxylation is 1. The first kappa shape index (κ1) is 17.9. The Bertz CT molecular complexity index is 1170. The highest BCUT2D eigenvalue weighted by atomic mass is 16.5. The molecule has 4 aromatic rings. The third kappa shape index (κ3) is 3.28.